The molecule has 1 saturated heterocycles. The summed E-state index contributed by atoms with van der Waals surface area (Å²) in [7, 11) is -1.52. The summed E-state index contributed by atoms with van der Waals surface area (Å²) in [5.74, 6) is 0.0876. The van der Waals surface area contributed by atoms with Crippen LogP contribution < -0.4 is 0 Å². The molecule has 4 nitrogen and oxygen atoms in total. The average molecular weight is 282 g/mol. The van der Waals surface area contributed by atoms with Gasteiger partial charge in [-0.3, -0.25) is 0 Å². The lowest BCUT2D eigenvalue weighted by atomic mass is 10.2. The first-order chi connectivity index (χ1) is 9.08. The molecule has 0 amide bonds. The Morgan fingerprint density at radius 1 is 1.16 bits per heavy atom. The van der Waals surface area contributed by atoms with E-state index < -0.39 is 10.0 Å². The van der Waals surface area contributed by atoms with Gasteiger partial charge in [-0.25, -0.2) is 12.7 Å². The van der Waals surface area contributed by atoms with Gasteiger partial charge in [0.25, 0.3) is 0 Å². The maximum atomic E-state index is 12.2. The highest BCUT2D eigenvalue weighted by molar-refractivity contribution is 7.88. The Morgan fingerprint density at radius 2 is 1.79 bits per heavy atom. The fraction of sp³-hybridized carbons (Fsp3) is 0.571. The predicted molar refractivity (Wildman–Crippen MR) is 77.4 cm³/mol. The summed E-state index contributed by atoms with van der Waals surface area (Å²) >= 11 is 0. The quantitative estimate of drug-likeness (QED) is 0.795. The van der Waals surface area contributed by atoms with E-state index in [2.05, 4.69) is 4.90 Å². The van der Waals surface area contributed by atoms with Crippen LogP contribution in [0.25, 0.3) is 0 Å². The molecule has 0 N–H and O–H groups in total. The Bertz CT molecular complexity index is 481. The molecule has 0 atom stereocenters. The smallest absolute Gasteiger partial charge is 0.218 e. The average Bonchev–Trinajstić information content (AvgIpc) is 2.89. The summed E-state index contributed by atoms with van der Waals surface area (Å²) < 4.78 is 25.9. The lowest BCUT2D eigenvalue weighted by Gasteiger charge is -2.21. The molecule has 106 valence electrons. The third-order valence-electron chi connectivity index (χ3n) is 3.60. The molecule has 0 aromatic heterocycles. The van der Waals surface area contributed by atoms with E-state index in [1.165, 1.54) is 17.1 Å². The predicted octanol–water partition coefficient (Wildman–Crippen LogP) is 1.54. The van der Waals surface area contributed by atoms with Crippen LogP contribution in [0.5, 0.6) is 0 Å². The van der Waals surface area contributed by atoms with Crippen LogP contribution in [0.1, 0.15) is 18.4 Å². The number of benzene rings is 1. The minimum atomic E-state index is -3.20. The second-order valence-electron chi connectivity index (χ2n) is 5.11. The molecule has 1 fully saturated rings. The maximum absolute atomic E-state index is 12.2. The van der Waals surface area contributed by atoms with Crippen LogP contribution in [0.2, 0.25) is 0 Å². The number of sulfonamides is 1. The maximum Gasteiger partial charge on any atom is 0.218 e. The molecule has 19 heavy (non-hydrogen) atoms. The molecule has 1 aliphatic rings. The van der Waals surface area contributed by atoms with Crippen LogP contribution in [0.15, 0.2) is 30.3 Å². The zero-order chi connectivity index (χ0) is 13.7. The standard InChI is InChI=1S/C14H22N2O2S/c1-15(11-12-16-9-5-6-10-16)19(17,18)13-14-7-3-2-4-8-14/h2-4,7-8H,5-6,9-13H2,1H3. The van der Waals surface area contributed by atoms with Crippen LogP contribution in [0.3, 0.4) is 0 Å². The van der Waals surface area contributed by atoms with E-state index in [0.717, 1.165) is 25.2 Å². The van der Waals surface area contributed by atoms with Crippen molar-refractivity contribution >= 4 is 10.0 Å². The largest absolute Gasteiger partial charge is 0.302 e. The van der Waals surface area contributed by atoms with Gasteiger partial charge in [0.1, 0.15) is 0 Å². The molecule has 0 aliphatic carbocycles. The van der Waals surface area contributed by atoms with E-state index >= 15 is 0 Å². The molecule has 1 aliphatic heterocycles. The molecular formula is C14H22N2O2S. The van der Waals surface area contributed by atoms with Crippen molar-refractivity contribution in [1.82, 2.24) is 9.21 Å². The Morgan fingerprint density at radius 3 is 2.42 bits per heavy atom. The molecule has 0 bridgehead atoms. The van der Waals surface area contributed by atoms with E-state index in [9.17, 15) is 8.42 Å². The van der Waals surface area contributed by atoms with Crippen LogP contribution in [0, 0.1) is 0 Å². The number of hydrogen-bond donors (Lipinski definition) is 0. The number of likely N-dealkylation sites (N-methyl/N-ethyl adjacent to an activating group) is 1. The molecule has 5 heteroatoms. The topological polar surface area (TPSA) is 40.6 Å². The molecule has 1 aromatic carbocycles. The fourth-order valence-corrected chi connectivity index (χ4v) is 3.52. The van der Waals surface area contributed by atoms with Crippen LogP contribution in [-0.4, -0.2) is 50.8 Å². The van der Waals surface area contributed by atoms with Crippen molar-refractivity contribution in [2.45, 2.75) is 18.6 Å². The van der Waals surface area contributed by atoms with Gasteiger partial charge >= 0.3 is 0 Å². The molecule has 0 unspecified atom stereocenters. The van der Waals surface area contributed by atoms with Gasteiger partial charge in [0.2, 0.25) is 10.0 Å². The summed E-state index contributed by atoms with van der Waals surface area (Å²) in [5, 5.41) is 0. The van der Waals surface area contributed by atoms with Crippen molar-refractivity contribution in [1.29, 1.82) is 0 Å². The van der Waals surface area contributed by atoms with Crippen molar-refractivity contribution < 1.29 is 8.42 Å². The zero-order valence-electron chi connectivity index (χ0n) is 11.5. The zero-order valence-corrected chi connectivity index (χ0v) is 12.3. The summed E-state index contributed by atoms with van der Waals surface area (Å²) in [5.41, 5.74) is 0.843. The van der Waals surface area contributed by atoms with Gasteiger partial charge in [0.15, 0.2) is 0 Å². The van der Waals surface area contributed by atoms with Gasteiger partial charge in [0.05, 0.1) is 5.75 Å². The number of likely N-dealkylation sites (tertiary alicyclic amines) is 1. The Balaban J connectivity index is 1.87. The van der Waals surface area contributed by atoms with Crippen LogP contribution >= 0.6 is 0 Å². The first-order valence-corrected chi connectivity index (χ1v) is 8.39. The van der Waals surface area contributed by atoms with E-state index in [0.29, 0.717) is 6.54 Å². The first kappa shape index (κ1) is 14.5. The van der Waals surface area contributed by atoms with Crippen molar-refractivity contribution in [2.75, 3.05) is 33.2 Å². The number of rotatable bonds is 6. The van der Waals surface area contributed by atoms with Gasteiger partial charge < -0.3 is 4.90 Å². The molecule has 0 radical (unpaired) electrons. The monoisotopic (exact) mass is 282 g/mol. The van der Waals surface area contributed by atoms with Crippen LogP contribution in [0.4, 0.5) is 0 Å². The molecule has 2 rings (SSSR count). The second-order valence-corrected chi connectivity index (χ2v) is 7.19. The summed E-state index contributed by atoms with van der Waals surface area (Å²) in [6.07, 6.45) is 2.47. The minimum Gasteiger partial charge on any atom is -0.302 e. The summed E-state index contributed by atoms with van der Waals surface area (Å²) in [4.78, 5) is 2.33. The highest BCUT2D eigenvalue weighted by Gasteiger charge is 2.20. The number of nitrogens with zero attached hydrogens (tertiary/aromatic N) is 2. The fourth-order valence-electron chi connectivity index (χ4n) is 2.32. The van der Waals surface area contributed by atoms with Gasteiger partial charge in [0, 0.05) is 20.1 Å². The van der Waals surface area contributed by atoms with Crippen molar-refractivity contribution in [3.05, 3.63) is 35.9 Å². The lowest BCUT2D eigenvalue weighted by Crippen LogP contribution is -2.35. The van der Waals surface area contributed by atoms with Crippen molar-refractivity contribution in [3.63, 3.8) is 0 Å². The second kappa shape index (κ2) is 6.50. The van der Waals surface area contributed by atoms with E-state index in [1.807, 2.05) is 30.3 Å². The number of hydrogen-bond acceptors (Lipinski definition) is 3. The highest BCUT2D eigenvalue weighted by Crippen LogP contribution is 2.11. The normalized spacial score (nSPS) is 17.2. The molecular weight excluding hydrogens is 260 g/mol. The first-order valence-electron chi connectivity index (χ1n) is 6.78. The highest BCUT2D eigenvalue weighted by atomic mass is 32.2. The van der Waals surface area contributed by atoms with E-state index in [1.54, 1.807) is 7.05 Å². The molecule has 0 saturated carbocycles. The van der Waals surface area contributed by atoms with Crippen molar-refractivity contribution in [3.8, 4) is 0 Å². The van der Waals surface area contributed by atoms with Crippen molar-refractivity contribution in [2.24, 2.45) is 0 Å². The lowest BCUT2D eigenvalue weighted by molar-refractivity contribution is 0.310. The minimum absolute atomic E-state index is 0.0876. The Labute approximate surface area is 116 Å². The van der Waals surface area contributed by atoms with E-state index in [4.69, 9.17) is 0 Å². The molecule has 1 aromatic rings. The molecule has 1 heterocycles. The van der Waals surface area contributed by atoms with Gasteiger partial charge in [-0.15, -0.1) is 0 Å². The summed E-state index contributed by atoms with van der Waals surface area (Å²) in [6.45, 7) is 3.62. The Kier molecular flexibility index (Phi) is 4.96. The van der Waals surface area contributed by atoms with E-state index in [-0.39, 0.29) is 5.75 Å². The molecule has 0 spiro atoms. The van der Waals surface area contributed by atoms with Gasteiger partial charge in [-0.1, -0.05) is 30.3 Å². The third kappa shape index (κ3) is 4.30. The van der Waals surface area contributed by atoms with Crippen LogP contribution in [-0.2, 0) is 15.8 Å². The SMILES string of the molecule is CN(CCN1CCCC1)S(=O)(=O)Cc1ccccc1. The third-order valence-corrected chi connectivity index (χ3v) is 5.43. The Hall–Kier alpha value is -0.910. The summed E-state index contributed by atoms with van der Waals surface area (Å²) in [6, 6.07) is 9.34. The van der Waals surface area contributed by atoms with Gasteiger partial charge in [-0.05, 0) is 31.5 Å². The van der Waals surface area contributed by atoms with Gasteiger partial charge in [-0.2, -0.15) is 0 Å².